The maximum absolute atomic E-state index is 10.3. The van der Waals surface area contributed by atoms with Gasteiger partial charge in [-0.3, -0.25) is 0 Å². The molecule has 2 aromatic rings. The zero-order chi connectivity index (χ0) is 23.3. The summed E-state index contributed by atoms with van der Waals surface area (Å²) in [5.74, 6) is 2.04. The number of hydrogen-bond acceptors (Lipinski definition) is 9. The molecular weight excluding hydrogens is 420 g/mol. The molecule has 1 aliphatic heterocycles. The fourth-order valence-corrected chi connectivity index (χ4v) is 3.58. The molecule has 0 bridgehead atoms. The highest BCUT2D eigenvalue weighted by molar-refractivity contribution is 5.45. The van der Waals surface area contributed by atoms with Crippen molar-refractivity contribution in [3.05, 3.63) is 47.5 Å². The Morgan fingerprint density at radius 3 is 1.78 bits per heavy atom. The third-order valence-corrected chi connectivity index (χ3v) is 5.47. The minimum atomic E-state index is -1.52. The molecule has 176 valence electrons. The molecule has 0 aliphatic carbocycles. The van der Waals surface area contributed by atoms with Gasteiger partial charge in [-0.25, -0.2) is 0 Å². The number of aliphatic hydroxyl groups is 4. The van der Waals surface area contributed by atoms with Crippen LogP contribution in [0.2, 0.25) is 0 Å². The molecule has 0 aromatic heterocycles. The lowest BCUT2D eigenvalue weighted by Gasteiger charge is -2.39. The SMILES string of the molecule is COc1ccc(CCc2ccc(OC)c(O[C@@H]3O[C@H](CO)[C@@H](O)[C@H](O)[C@H]3O)c2)cc1OC. The number of methoxy groups -OCH3 is 3. The molecule has 1 aliphatic rings. The van der Waals surface area contributed by atoms with Gasteiger partial charge in [-0.1, -0.05) is 12.1 Å². The Kier molecular flexibility index (Phi) is 8.16. The summed E-state index contributed by atoms with van der Waals surface area (Å²) in [6, 6.07) is 11.2. The van der Waals surface area contributed by atoms with Crippen molar-refractivity contribution in [1.82, 2.24) is 0 Å². The predicted molar refractivity (Wildman–Crippen MR) is 114 cm³/mol. The van der Waals surface area contributed by atoms with E-state index in [-0.39, 0.29) is 0 Å². The Labute approximate surface area is 186 Å². The lowest BCUT2D eigenvalue weighted by Crippen LogP contribution is -2.60. The summed E-state index contributed by atoms with van der Waals surface area (Å²) in [4.78, 5) is 0. The van der Waals surface area contributed by atoms with E-state index in [0.29, 0.717) is 29.4 Å². The zero-order valence-electron chi connectivity index (χ0n) is 18.3. The van der Waals surface area contributed by atoms with Crippen LogP contribution in [0.3, 0.4) is 0 Å². The summed E-state index contributed by atoms with van der Waals surface area (Å²) in [6.07, 6.45) is -5.42. The van der Waals surface area contributed by atoms with Crippen LogP contribution < -0.4 is 18.9 Å². The number of aliphatic hydroxyl groups excluding tert-OH is 4. The van der Waals surface area contributed by atoms with E-state index < -0.39 is 37.3 Å². The maximum Gasteiger partial charge on any atom is 0.229 e. The van der Waals surface area contributed by atoms with Gasteiger partial charge in [-0.2, -0.15) is 0 Å². The van der Waals surface area contributed by atoms with Gasteiger partial charge in [0.1, 0.15) is 24.4 Å². The Morgan fingerprint density at radius 1 is 0.719 bits per heavy atom. The Balaban J connectivity index is 1.74. The van der Waals surface area contributed by atoms with Gasteiger partial charge in [0.2, 0.25) is 6.29 Å². The molecule has 1 heterocycles. The van der Waals surface area contributed by atoms with Gasteiger partial charge in [-0.15, -0.1) is 0 Å². The van der Waals surface area contributed by atoms with E-state index >= 15 is 0 Å². The van der Waals surface area contributed by atoms with Crippen LogP contribution >= 0.6 is 0 Å². The molecule has 4 N–H and O–H groups in total. The predicted octanol–water partition coefficient (Wildman–Crippen LogP) is 0.676. The summed E-state index contributed by atoms with van der Waals surface area (Å²) in [5.41, 5.74) is 2.01. The summed E-state index contributed by atoms with van der Waals surface area (Å²) in [5, 5.41) is 39.6. The number of aryl methyl sites for hydroxylation is 2. The first kappa shape index (κ1) is 24.1. The molecule has 9 heteroatoms. The zero-order valence-corrected chi connectivity index (χ0v) is 18.3. The molecule has 0 radical (unpaired) electrons. The van der Waals surface area contributed by atoms with E-state index in [1.165, 1.54) is 7.11 Å². The van der Waals surface area contributed by atoms with Gasteiger partial charge in [0.25, 0.3) is 0 Å². The van der Waals surface area contributed by atoms with E-state index in [4.69, 9.17) is 23.7 Å². The summed E-state index contributed by atoms with van der Waals surface area (Å²) in [6.45, 7) is -0.534. The fraction of sp³-hybridized carbons (Fsp3) is 0.478. The minimum Gasteiger partial charge on any atom is -0.493 e. The molecular formula is C23H30O9. The molecule has 2 aromatic carbocycles. The normalized spacial score (nSPS) is 25.3. The van der Waals surface area contributed by atoms with Crippen molar-refractivity contribution in [2.75, 3.05) is 27.9 Å². The van der Waals surface area contributed by atoms with E-state index in [0.717, 1.165) is 17.5 Å². The van der Waals surface area contributed by atoms with Crippen molar-refractivity contribution >= 4 is 0 Å². The molecule has 3 rings (SSSR count). The monoisotopic (exact) mass is 450 g/mol. The van der Waals surface area contributed by atoms with Crippen LogP contribution in [-0.4, -0.2) is 79.1 Å². The van der Waals surface area contributed by atoms with Crippen molar-refractivity contribution in [3.8, 4) is 23.0 Å². The van der Waals surface area contributed by atoms with Crippen molar-refractivity contribution in [3.63, 3.8) is 0 Å². The van der Waals surface area contributed by atoms with Crippen molar-refractivity contribution in [2.24, 2.45) is 0 Å². The van der Waals surface area contributed by atoms with Gasteiger partial charge in [0, 0.05) is 0 Å². The molecule has 9 nitrogen and oxygen atoms in total. The van der Waals surface area contributed by atoms with Gasteiger partial charge >= 0.3 is 0 Å². The van der Waals surface area contributed by atoms with Crippen LogP contribution in [-0.2, 0) is 17.6 Å². The van der Waals surface area contributed by atoms with Gasteiger partial charge in [0.05, 0.1) is 27.9 Å². The van der Waals surface area contributed by atoms with Crippen LogP contribution in [0.15, 0.2) is 36.4 Å². The van der Waals surface area contributed by atoms with E-state index in [9.17, 15) is 20.4 Å². The Bertz CT molecular complexity index is 886. The molecule has 32 heavy (non-hydrogen) atoms. The average molecular weight is 450 g/mol. The standard InChI is InChI=1S/C23H30O9/c1-28-15-8-6-13(10-17(15)30-3)4-5-14-7-9-16(29-2)18(11-14)31-23-22(27)21(26)20(25)19(12-24)32-23/h6-11,19-27H,4-5,12H2,1-3H3/t19-,20-,21+,22-,23-/m1/s1. The second-order valence-electron chi connectivity index (χ2n) is 7.49. The Hall–Kier alpha value is -2.56. The van der Waals surface area contributed by atoms with Crippen LogP contribution in [0.1, 0.15) is 11.1 Å². The quantitative estimate of drug-likeness (QED) is 0.436. The van der Waals surface area contributed by atoms with Crippen LogP contribution in [0.5, 0.6) is 23.0 Å². The topological polar surface area (TPSA) is 127 Å². The third kappa shape index (κ3) is 5.25. The lowest BCUT2D eigenvalue weighted by atomic mass is 9.99. The number of rotatable bonds is 9. The first-order chi connectivity index (χ1) is 15.4. The largest absolute Gasteiger partial charge is 0.493 e. The summed E-state index contributed by atoms with van der Waals surface area (Å²) in [7, 11) is 4.67. The third-order valence-electron chi connectivity index (χ3n) is 5.47. The smallest absolute Gasteiger partial charge is 0.229 e. The highest BCUT2D eigenvalue weighted by Crippen LogP contribution is 2.33. The van der Waals surface area contributed by atoms with Crippen molar-refractivity contribution in [2.45, 2.75) is 43.5 Å². The molecule has 0 spiro atoms. The van der Waals surface area contributed by atoms with Crippen LogP contribution in [0, 0.1) is 0 Å². The molecule has 1 saturated heterocycles. The number of hydrogen-bond donors (Lipinski definition) is 4. The summed E-state index contributed by atoms with van der Waals surface area (Å²) >= 11 is 0. The first-order valence-electron chi connectivity index (χ1n) is 10.3. The Morgan fingerprint density at radius 2 is 1.25 bits per heavy atom. The molecule has 5 atom stereocenters. The number of benzene rings is 2. The molecule has 0 saturated carbocycles. The van der Waals surface area contributed by atoms with E-state index in [1.54, 1.807) is 26.4 Å². The molecule has 0 amide bonds. The second kappa shape index (κ2) is 10.8. The van der Waals surface area contributed by atoms with Crippen LogP contribution in [0.25, 0.3) is 0 Å². The van der Waals surface area contributed by atoms with Gasteiger partial charge in [-0.05, 0) is 48.2 Å². The average Bonchev–Trinajstić information content (AvgIpc) is 2.82. The van der Waals surface area contributed by atoms with Gasteiger partial charge in [0.15, 0.2) is 23.0 Å². The second-order valence-corrected chi connectivity index (χ2v) is 7.49. The van der Waals surface area contributed by atoms with Gasteiger partial charge < -0.3 is 44.1 Å². The number of ether oxygens (including phenoxy) is 5. The lowest BCUT2D eigenvalue weighted by molar-refractivity contribution is -0.277. The highest BCUT2D eigenvalue weighted by atomic mass is 16.7. The van der Waals surface area contributed by atoms with Crippen molar-refractivity contribution in [1.29, 1.82) is 0 Å². The van der Waals surface area contributed by atoms with E-state index in [1.807, 2.05) is 24.3 Å². The highest BCUT2D eigenvalue weighted by Gasteiger charge is 2.44. The van der Waals surface area contributed by atoms with E-state index in [2.05, 4.69) is 0 Å². The molecule has 0 unspecified atom stereocenters. The van der Waals surface area contributed by atoms with Crippen LogP contribution in [0.4, 0.5) is 0 Å². The maximum atomic E-state index is 10.3. The fourth-order valence-electron chi connectivity index (χ4n) is 3.58. The first-order valence-corrected chi connectivity index (χ1v) is 10.3. The minimum absolute atomic E-state index is 0.307. The summed E-state index contributed by atoms with van der Waals surface area (Å²) < 4.78 is 27.2. The molecule has 1 fully saturated rings. The van der Waals surface area contributed by atoms with Crippen molar-refractivity contribution < 1.29 is 44.1 Å².